The molecule has 1 heterocycles. The molecule has 0 unspecified atom stereocenters. The van der Waals surface area contributed by atoms with Crippen molar-refractivity contribution in [3.63, 3.8) is 0 Å². The number of nitrogens with one attached hydrogen (secondary N) is 1. The Morgan fingerprint density at radius 1 is 0.935 bits per heavy atom. The van der Waals surface area contributed by atoms with Crippen LogP contribution in [-0.4, -0.2) is 15.9 Å². The first kappa shape index (κ1) is 20.2. The van der Waals surface area contributed by atoms with E-state index in [-0.39, 0.29) is 17.7 Å². The summed E-state index contributed by atoms with van der Waals surface area (Å²) in [6, 6.07) is 21.1. The Morgan fingerprint density at radius 2 is 1.65 bits per heavy atom. The molecule has 0 atom stereocenters. The zero-order valence-electron chi connectivity index (χ0n) is 16.9. The summed E-state index contributed by atoms with van der Waals surface area (Å²) in [7, 11) is 0. The average molecular weight is 413 g/mol. The van der Waals surface area contributed by atoms with Crippen LogP contribution in [0.15, 0.2) is 85.2 Å². The van der Waals surface area contributed by atoms with Gasteiger partial charge in [0.1, 0.15) is 11.6 Å². The fraction of sp³-hybridized carbons (Fsp3) is 0.0800. The zero-order chi connectivity index (χ0) is 21.6. The van der Waals surface area contributed by atoms with E-state index in [2.05, 4.69) is 15.3 Å². The van der Waals surface area contributed by atoms with E-state index in [9.17, 15) is 9.18 Å². The van der Waals surface area contributed by atoms with Crippen molar-refractivity contribution in [2.75, 3.05) is 0 Å². The standard InChI is InChI=1S/C25H20FN3O2/c1-17-5-7-18(8-6-17)14-27-24(30)20-4-2-3-19(13-20)21-15-28-25(29-16-21)31-23-11-9-22(26)10-12-23/h2-13,15-16H,14H2,1H3,(H,27,30). The van der Waals surface area contributed by atoms with E-state index in [1.54, 1.807) is 24.5 Å². The molecule has 4 aromatic rings. The number of benzene rings is 3. The molecule has 0 aliphatic heterocycles. The van der Waals surface area contributed by atoms with E-state index in [0.717, 1.165) is 16.7 Å². The first-order valence-corrected chi connectivity index (χ1v) is 9.76. The van der Waals surface area contributed by atoms with Crippen LogP contribution >= 0.6 is 0 Å². The Labute approximate surface area is 179 Å². The van der Waals surface area contributed by atoms with Gasteiger partial charge in [0.25, 0.3) is 5.91 Å². The van der Waals surface area contributed by atoms with Gasteiger partial charge in [-0.2, -0.15) is 0 Å². The highest BCUT2D eigenvalue weighted by Crippen LogP contribution is 2.22. The third-order valence-corrected chi connectivity index (χ3v) is 4.68. The van der Waals surface area contributed by atoms with Gasteiger partial charge < -0.3 is 10.1 Å². The zero-order valence-corrected chi connectivity index (χ0v) is 16.9. The molecule has 0 saturated heterocycles. The molecule has 154 valence electrons. The van der Waals surface area contributed by atoms with Crippen LogP contribution in [0.1, 0.15) is 21.5 Å². The van der Waals surface area contributed by atoms with Gasteiger partial charge in [-0.1, -0.05) is 42.0 Å². The normalized spacial score (nSPS) is 10.5. The summed E-state index contributed by atoms with van der Waals surface area (Å²) < 4.78 is 18.5. The number of ether oxygens (including phenoxy) is 1. The van der Waals surface area contributed by atoms with Crippen LogP contribution in [0.2, 0.25) is 0 Å². The number of carbonyl (C=O) groups excluding carboxylic acids is 1. The Morgan fingerprint density at radius 3 is 2.35 bits per heavy atom. The van der Waals surface area contributed by atoms with Gasteiger partial charge in [-0.3, -0.25) is 4.79 Å². The monoisotopic (exact) mass is 413 g/mol. The van der Waals surface area contributed by atoms with Crippen LogP contribution in [0.25, 0.3) is 11.1 Å². The van der Waals surface area contributed by atoms with Gasteiger partial charge >= 0.3 is 6.01 Å². The van der Waals surface area contributed by atoms with Crippen molar-refractivity contribution in [3.05, 3.63) is 108 Å². The number of rotatable bonds is 6. The molecule has 6 heteroatoms. The third-order valence-electron chi connectivity index (χ3n) is 4.68. The van der Waals surface area contributed by atoms with Crippen molar-refractivity contribution < 1.29 is 13.9 Å². The lowest BCUT2D eigenvalue weighted by molar-refractivity contribution is 0.0951. The van der Waals surface area contributed by atoms with Gasteiger partial charge in [0.15, 0.2) is 0 Å². The molecule has 1 amide bonds. The summed E-state index contributed by atoms with van der Waals surface area (Å²) in [5.41, 5.74) is 4.34. The van der Waals surface area contributed by atoms with E-state index in [1.165, 1.54) is 29.8 Å². The summed E-state index contributed by atoms with van der Waals surface area (Å²) in [5, 5.41) is 2.94. The predicted molar refractivity (Wildman–Crippen MR) is 116 cm³/mol. The number of amides is 1. The van der Waals surface area contributed by atoms with Gasteiger partial charge in [-0.15, -0.1) is 0 Å². The van der Waals surface area contributed by atoms with Crippen molar-refractivity contribution in [3.8, 4) is 22.9 Å². The van der Waals surface area contributed by atoms with Crippen LogP contribution in [-0.2, 0) is 6.54 Å². The molecule has 0 bridgehead atoms. The molecule has 0 spiro atoms. The maximum absolute atomic E-state index is 13.0. The number of halogens is 1. The van der Waals surface area contributed by atoms with Gasteiger partial charge in [-0.05, 0) is 54.4 Å². The number of hydrogen-bond donors (Lipinski definition) is 1. The molecule has 3 aromatic carbocycles. The quantitative estimate of drug-likeness (QED) is 0.465. The van der Waals surface area contributed by atoms with Gasteiger partial charge in [-0.25, -0.2) is 14.4 Å². The number of nitrogens with zero attached hydrogens (tertiary/aromatic N) is 2. The van der Waals surface area contributed by atoms with Crippen molar-refractivity contribution in [1.29, 1.82) is 0 Å². The molecule has 1 N–H and O–H groups in total. The third kappa shape index (κ3) is 5.30. The van der Waals surface area contributed by atoms with Crippen molar-refractivity contribution in [2.45, 2.75) is 13.5 Å². The van der Waals surface area contributed by atoms with Crippen molar-refractivity contribution >= 4 is 5.91 Å². The van der Waals surface area contributed by atoms with Crippen LogP contribution in [0.3, 0.4) is 0 Å². The Kier molecular flexibility index (Phi) is 5.98. The molecule has 0 fully saturated rings. The summed E-state index contributed by atoms with van der Waals surface area (Å²) in [4.78, 5) is 21.0. The molecule has 0 saturated carbocycles. The molecule has 4 rings (SSSR count). The molecule has 0 aliphatic rings. The fourth-order valence-corrected chi connectivity index (χ4v) is 2.96. The maximum Gasteiger partial charge on any atom is 0.321 e. The van der Waals surface area contributed by atoms with E-state index in [0.29, 0.717) is 17.9 Å². The summed E-state index contributed by atoms with van der Waals surface area (Å²) in [6.07, 6.45) is 3.24. The number of aromatic nitrogens is 2. The molecule has 5 nitrogen and oxygen atoms in total. The highest BCUT2D eigenvalue weighted by atomic mass is 19.1. The Balaban J connectivity index is 1.42. The molecule has 0 radical (unpaired) electrons. The summed E-state index contributed by atoms with van der Waals surface area (Å²) in [6.45, 7) is 2.49. The Bertz CT molecular complexity index is 1170. The number of carbonyl (C=O) groups is 1. The molecular weight excluding hydrogens is 393 g/mol. The van der Waals surface area contributed by atoms with E-state index in [4.69, 9.17) is 4.74 Å². The van der Waals surface area contributed by atoms with E-state index >= 15 is 0 Å². The predicted octanol–water partition coefficient (Wildman–Crippen LogP) is 5.31. The highest BCUT2D eigenvalue weighted by molar-refractivity contribution is 5.95. The lowest BCUT2D eigenvalue weighted by Crippen LogP contribution is -2.22. The molecular formula is C25H20FN3O2. The van der Waals surface area contributed by atoms with Gasteiger partial charge in [0.05, 0.1) is 0 Å². The smallest absolute Gasteiger partial charge is 0.321 e. The Hall–Kier alpha value is -4.06. The van der Waals surface area contributed by atoms with E-state index < -0.39 is 0 Å². The number of aryl methyl sites for hydroxylation is 1. The fourth-order valence-electron chi connectivity index (χ4n) is 2.96. The summed E-state index contributed by atoms with van der Waals surface area (Å²) >= 11 is 0. The highest BCUT2D eigenvalue weighted by Gasteiger charge is 2.09. The number of hydrogen-bond acceptors (Lipinski definition) is 4. The molecule has 31 heavy (non-hydrogen) atoms. The van der Waals surface area contributed by atoms with Gasteiger partial charge in [0.2, 0.25) is 0 Å². The topological polar surface area (TPSA) is 64.1 Å². The van der Waals surface area contributed by atoms with Crippen molar-refractivity contribution in [1.82, 2.24) is 15.3 Å². The maximum atomic E-state index is 13.0. The SMILES string of the molecule is Cc1ccc(CNC(=O)c2cccc(-c3cnc(Oc4ccc(F)cc4)nc3)c2)cc1. The van der Waals surface area contributed by atoms with Crippen LogP contribution in [0.5, 0.6) is 11.8 Å². The van der Waals surface area contributed by atoms with Crippen molar-refractivity contribution in [2.24, 2.45) is 0 Å². The van der Waals surface area contributed by atoms with E-state index in [1.807, 2.05) is 43.3 Å². The largest absolute Gasteiger partial charge is 0.424 e. The van der Waals surface area contributed by atoms with Crippen LogP contribution in [0, 0.1) is 12.7 Å². The van der Waals surface area contributed by atoms with Crippen LogP contribution in [0.4, 0.5) is 4.39 Å². The lowest BCUT2D eigenvalue weighted by Gasteiger charge is -2.08. The minimum Gasteiger partial charge on any atom is -0.424 e. The second kappa shape index (κ2) is 9.17. The summed E-state index contributed by atoms with van der Waals surface area (Å²) in [5.74, 6) is -0.0487. The molecule has 1 aromatic heterocycles. The minimum atomic E-state index is -0.341. The second-order valence-electron chi connectivity index (χ2n) is 7.06. The lowest BCUT2D eigenvalue weighted by atomic mass is 10.1. The second-order valence-corrected chi connectivity index (χ2v) is 7.06. The first-order chi connectivity index (χ1) is 15.1. The molecule has 0 aliphatic carbocycles. The minimum absolute atomic E-state index is 0.153. The first-order valence-electron chi connectivity index (χ1n) is 9.76. The van der Waals surface area contributed by atoms with Gasteiger partial charge in [0, 0.05) is 30.1 Å². The average Bonchev–Trinajstić information content (AvgIpc) is 2.80. The van der Waals surface area contributed by atoms with Crippen LogP contribution < -0.4 is 10.1 Å².